The summed E-state index contributed by atoms with van der Waals surface area (Å²) in [5.41, 5.74) is 1.13. The maximum Gasteiger partial charge on any atom is 0.161 e. The lowest BCUT2D eigenvalue weighted by molar-refractivity contribution is 0.317. The summed E-state index contributed by atoms with van der Waals surface area (Å²) in [6, 6.07) is 6.01. The molecule has 1 aromatic carbocycles. The van der Waals surface area contributed by atoms with E-state index in [0.717, 1.165) is 18.5 Å². The van der Waals surface area contributed by atoms with Crippen LogP contribution in [0.25, 0.3) is 0 Å². The number of aromatic hydroxyl groups is 1. The van der Waals surface area contributed by atoms with Gasteiger partial charge in [-0.3, -0.25) is 0 Å². The number of benzene rings is 1. The quantitative estimate of drug-likeness (QED) is 0.761. The fourth-order valence-electron chi connectivity index (χ4n) is 1.63. The minimum atomic E-state index is 0.205. The van der Waals surface area contributed by atoms with Gasteiger partial charge in [0.25, 0.3) is 0 Å². The van der Waals surface area contributed by atoms with E-state index in [1.807, 2.05) is 30.8 Å². The second kappa shape index (κ2) is 8.27. The molecule has 0 aliphatic heterocycles. The molecule has 0 aliphatic carbocycles. The van der Waals surface area contributed by atoms with Crippen molar-refractivity contribution in [2.75, 3.05) is 18.6 Å². The highest BCUT2D eigenvalue weighted by Crippen LogP contribution is 2.26. The smallest absolute Gasteiger partial charge is 0.161 e. The van der Waals surface area contributed by atoms with Crippen LogP contribution in [0.15, 0.2) is 18.2 Å². The number of ether oxygens (including phenoxy) is 1. The molecule has 0 heterocycles. The molecule has 1 rings (SSSR count). The van der Waals surface area contributed by atoms with E-state index in [4.69, 9.17) is 4.74 Å². The van der Waals surface area contributed by atoms with Gasteiger partial charge in [-0.1, -0.05) is 6.07 Å². The Morgan fingerprint density at radius 1 is 1.44 bits per heavy atom. The molecule has 0 saturated carbocycles. The van der Waals surface area contributed by atoms with Crippen molar-refractivity contribution in [1.29, 1.82) is 0 Å². The molecule has 1 aromatic rings. The molecule has 2 N–H and O–H groups in total. The highest BCUT2D eigenvalue weighted by molar-refractivity contribution is 7.98. The summed E-state index contributed by atoms with van der Waals surface area (Å²) in [7, 11) is 0. The van der Waals surface area contributed by atoms with Gasteiger partial charge in [0, 0.05) is 12.6 Å². The summed E-state index contributed by atoms with van der Waals surface area (Å²) in [6.07, 6.45) is 3.29. The van der Waals surface area contributed by atoms with E-state index in [1.54, 1.807) is 6.07 Å². The Balaban J connectivity index is 2.49. The maximum absolute atomic E-state index is 9.61. The summed E-state index contributed by atoms with van der Waals surface area (Å²) >= 11 is 1.87. The molecular formula is C14H23NO2S. The van der Waals surface area contributed by atoms with E-state index >= 15 is 0 Å². The molecular weight excluding hydrogens is 246 g/mol. The molecule has 0 aliphatic rings. The minimum Gasteiger partial charge on any atom is -0.504 e. The molecule has 3 nitrogen and oxygen atoms in total. The van der Waals surface area contributed by atoms with Crippen LogP contribution in [-0.4, -0.2) is 29.8 Å². The van der Waals surface area contributed by atoms with Crippen molar-refractivity contribution in [2.24, 2.45) is 0 Å². The van der Waals surface area contributed by atoms with E-state index in [-0.39, 0.29) is 5.75 Å². The van der Waals surface area contributed by atoms with E-state index in [9.17, 15) is 5.11 Å². The Hall–Kier alpha value is -0.870. The predicted molar refractivity (Wildman–Crippen MR) is 78.6 cm³/mol. The molecule has 0 spiro atoms. The van der Waals surface area contributed by atoms with Crippen LogP contribution >= 0.6 is 11.8 Å². The number of phenolic OH excluding ortho intramolecular Hbond substituents is 1. The Bertz CT molecular complexity index is 358. The summed E-state index contributed by atoms with van der Waals surface area (Å²) in [5, 5.41) is 13.1. The summed E-state index contributed by atoms with van der Waals surface area (Å²) < 4.78 is 5.37. The van der Waals surface area contributed by atoms with Crippen LogP contribution in [0.3, 0.4) is 0 Å². The zero-order valence-electron chi connectivity index (χ0n) is 11.4. The first-order valence-electron chi connectivity index (χ1n) is 6.34. The molecule has 0 amide bonds. The third-order valence-corrected chi connectivity index (χ3v) is 3.38. The van der Waals surface area contributed by atoms with Crippen molar-refractivity contribution in [3.63, 3.8) is 0 Å². The third kappa shape index (κ3) is 5.19. The van der Waals surface area contributed by atoms with E-state index in [0.29, 0.717) is 18.4 Å². The predicted octanol–water partition coefficient (Wildman–Crippen LogP) is 3.02. The number of thioether (sulfide) groups is 1. The van der Waals surface area contributed by atoms with Crippen molar-refractivity contribution in [3.05, 3.63) is 23.8 Å². The first-order chi connectivity index (χ1) is 8.67. The number of nitrogens with one attached hydrogen (secondary N) is 1. The van der Waals surface area contributed by atoms with Crippen LogP contribution in [-0.2, 0) is 6.54 Å². The minimum absolute atomic E-state index is 0.205. The Kier molecular flexibility index (Phi) is 6.98. The highest BCUT2D eigenvalue weighted by atomic mass is 32.2. The zero-order chi connectivity index (χ0) is 13.4. The molecule has 4 heteroatoms. The van der Waals surface area contributed by atoms with Gasteiger partial charge in [-0.05, 0) is 50.0 Å². The molecule has 0 aromatic heterocycles. The average Bonchev–Trinajstić information content (AvgIpc) is 2.37. The number of hydrogen-bond donors (Lipinski definition) is 2. The van der Waals surface area contributed by atoms with Crippen LogP contribution in [0.2, 0.25) is 0 Å². The summed E-state index contributed by atoms with van der Waals surface area (Å²) in [5.74, 6) is 1.94. The van der Waals surface area contributed by atoms with Crippen molar-refractivity contribution >= 4 is 11.8 Å². The van der Waals surface area contributed by atoms with Gasteiger partial charge in [-0.15, -0.1) is 0 Å². The van der Waals surface area contributed by atoms with Gasteiger partial charge in [-0.25, -0.2) is 0 Å². The van der Waals surface area contributed by atoms with Crippen LogP contribution in [0, 0.1) is 0 Å². The average molecular weight is 269 g/mol. The molecule has 0 fully saturated rings. The SMILES string of the molecule is CCOc1cc(CNC(C)CCSC)ccc1O. The first kappa shape index (κ1) is 15.2. The molecule has 102 valence electrons. The fraction of sp³-hybridized carbons (Fsp3) is 0.571. The summed E-state index contributed by atoms with van der Waals surface area (Å²) in [4.78, 5) is 0. The number of phenols is 1. The van der Waals surface area contributed by atoms with Crippen LogP contribution in [0.5, 0.6) is 11.5 Å². The maximum atomic E-state index is 9.61. The van der Waals surface area contributed by atoms with Crippen LogP contribution in [0.1, 0.15) is 25.8 Å². The van der Waals surface area contributed by atoms with Crippen molar-refractivity contribution in [3.8, 4) is 11.5 Å². The first-order valence-corrected chi connectivity index (χ1v) is 7.73. The highest BCUT2D eigenvalue weighted by Gasteiger charge is 2.05. The zero-order valence-corrected chi connectivity index (χ0v) is 12.2. The van der Waals surface area contributed by atoms with Gasteiger partial charge in [0.05, 0.1) is 6.61 Å². The molecule has 0 bridgehead atoms. The Morgan fingerprint density at radius 3 is 2.89 bits per heavy atom. The van der Waals surface area contributed by atoms with Gasteiger partial charge in [0.2, 0.25) is 0 Å². The summed E-state index contributed by atoms with van der Waals surface area (Å²) in [6.45, 7) is 5.47. The molecule has 0 radical (unpaired) electrons. The number of hydrogen-bond acceptors (Lipinski definition) is 4. The standard InChI is InChI=1S/C14H23NO2S/c1-4-17-14-9-12(5-6-13(14)16)10-15-11(2)7-8-18-3/h5-6,9,11,15-16H,4,7-8,10H2,1-3H3. The van der Waals surface area contributed by atoms with Gasteiger partial charge in [0.1, 0.15) is 0 Å². The van der Waals surface area contributed by atoms with Crippen molar-refractivity contribution in [1.82, 2.24) is 5.32 Å². The molecule has 1 unspecified atom stereocenters. The van der Waals surface area contributed by atoms with Gasteiger partial charge >= 0.3 is 0 Å². The van der Waals surface area contributed by atoms with Crippen LogP contribution < -0.4 is 10.1 Å². The third-order valence-electron chi connectivity index (χ3n) is 2.73. The Morgan fingerprint density at radius 2 is 2.22 bits per heavy atom. The normalized spacial score (nSPS) is 12.4. The second-order valence-electron chi connectivity index (χ2n) is 4.30. The molecule has 18 heavy (non-hydrogen) atoms. The van der Waals surface area contributed by atoms with Gasteiger partial charge < -0.3 is 15.2 Å². The largest absolute Gasteiger partial charge is 0.504 e. The van der Waals surface area contributed by atoms with E-state index < -0.39 is 0 Å². The lowest BCUT2D eigenvalue weighted by Crippen LogP contribution is -2.25. The van der Waals surface area contributed by atoms with E-state index in [2.05, 4.69) is 18.5 Å². The monoisotopic (exact) mass is 269 g/mol. The lowest BCUT2D eigenvalue weighted by atomic mass is 10.2. The van der Waals surface area contributed by atoms with Crippen LogP contribution in [0.4, 0.5) is 0 Å². The van der Waals surface area contributed by atoms with E-state index in [1.165, 1.54) is 5.75 Å². The van der Waals surface area contributed by atoms with Gasteiger partial charge in [0.15, 0.2) is 11.5 Å². The molecule has 0 saturated heterocycles. The number of rotatable bonds is 8. The molecule has 1 atom stereocenters. The van der Waals surface area contributed by atoms with Crippen molar-refractivity contribution < 1.29 is 9.84 Å². The second-order valence-corrected chi connectivity index (χ2v) is 5.28. The van der Waals surface area contributed by atoms with Gasteiger partial charge in [-0.2, -0.15) is 11.8 Å². The topological polar surface area (TPSA) is 41.5 Å². The Labute approximate surface area is 114 Å². The lowest BCUT2D eigenvalue weighted by Gasteiger charge is -2.14. The fourth-order valence-corrected chi connectivity index (χ4v) is 2.22. The van der Waals surface area contributed by atoms with Crippen molar-refractivity contribution in [2.45, 2.75) is 32.9 Å².